The number of hydrogen-bond donors (Lipinski definition) is 2. The van der Waals surface area contributed by atoms with Gasteiger partial charge in [0.15, 0.2) is 0 Å². The molecular weight excluding hydrogens is 418 g/mol. The highest BCUT2D eigenvalue weighted by Crippen LogP contribution is 2.26. The summed E-state index contributed by atoms with van der Waals surface area (Å²) in [5, 5.41) is 13.6. The summed E-state index contributed by atoms with van der Waals surface area (Å²) in [5.41, 5.74) is 0.217. The molecule has 0 radical (unpaired) electrons. The minimum atomic E-state index is -2.89. The first-order valence-electron chi connectivity index (χ1n) is 9.29. The number of amides is 3. The van der Waals surface area contributed by atoms with E-state index < -0.39 is 30.2 Å². The Labute approximate surface area is 177 Å². The average molecular weight is 439 g/mol. The molecule has 1 fully saturated rings. The topological polar surface area (TPSA) is 78.9 Å². The van der Waals surface area contributed by atoms with Gasteiger partial charge >= 0.3 is 12.6 Å². The number of benzene rings is 2. The van der Waals surface area contributed by atoms with E-state index in [1.54, 1.807) is 43.3 Å². The number of urea groups is 1. The van der Waals surface area contributed by atoms with Gasteiger partial charge in [-0.05, 0) is 55.2 Å². The Morgan fingerprint density at radius 3 is 2.37 bits per heavy atom. The van der Waals surface area contributed by atoms with Crippen molar-refractivity contribution >= 4 is 23.5 Å². The maximum atomic E-state index is 12.9. The highest BCUT2D eigenvalue weighted by atomic mass is 35.5. The second-order valence-electron chi connectivity index (χ2n) is 7.27. The summed E-state index contributed by atoms with van der Waals surface area (Å²) in [4.78, 5) is 26.2. The summed E-state index contributed by atoms with van der Waals surface area (Å²) in [5.74, 6) is -0.384. The second kappa shape index (κ2) is 8.97. The molecule has 1 aliphatic heterocycles. The summed E-state index contributed by atoms with van der Waals surface area (Å²) in [6, 6.07) is 12.0. The number of aryl methyl sites for hydroxylation is 1. The Kier molecular flexibility index (Phi) is 6.58. The number of aliphatic hydroxyl groups is 1. The largest absolute Gasteiger partial charge is 0.435 e. The molecule has 3 rings (SSSR count). The van der Waals surface area contributed by atoms with Gasteiger partial charge in [-0.2, -0.15) is 8.78 Å². The fourth-order valence-corrected chi connectivity index (χ4v) is 3.40. The van der Waals surface area contributed by atoms with Gasteiger partial charge < -0.3 is 15.2 Å². The standard InChI is InChI=1S/C21H21ClF2N2O4/c1-21(11-10-13-2-8-16(9-3-13)30-19(23)24)18(28)26(20(29)25-21)12-17(27)14-4-6-15(22)7-5-14/h2-9,17,19,27H,10-12H2,1H3,(H,25,29)/t17-,21-/m0/s1. The highest BCUT2D eigenvalue weighted by Gasteiger charge is 2.47. The third kappa shape index (κ3) is 5.06. The summed E-state index contributed by atoms with van der Waals surface area (Å²) >= 11 is 5.84. The van der Waals surface area contributed by atoms with Crippen LogP contribution in [0.2, 0.25) is 5.02 Å². The molecule has 6 nitrogen and oxygen atoms in total. The number of rotatable bonds is 8. The first kappa shape index (κ1) is 22.0. The van der Waals surface area contributed by atoms with Crippen LogP contribution < -0.4 is 10.1 Å². The number of alkyl halides is 2. The molecule has 0 unspecified atom stereocenters. The van der Waals surface area contributed by atoms with Crippen LogP contribution in [-0.4, -0.2) is 40.6 Å². The molecule has 0 saturated carbocycles. The van der Waals surface area contributed by atoms with Gasteiger partial charge in [0, 0.05) is 5.02 Å². The van der Waals surface area contributed by atoms with Crippen molar-refractivity contribution in [1.29, 1.82) is 0 Å². The molecule has 0 aromatic heterocycles. The molecule has 1 heterocycles. The maximum Gasteiger partial charge on any atom is 0.387 e. The number of β-amino-alcohol motifs (C(OH)–C–C–N with tert-alkyl or cyclic N) is 1. The molecule has 160 valence electrons. The maximum absolute atomic E-state index is 12.9. The minimum absolute atomic E-state index is 0.0487. The number of carbonyl (C=O) groups is 2. The lowest BCUT2D eigenvalue weighted by molar-refractivity contribution is -0.132. The van der Waals surface area contributed by atoms with Crippen molar-refractivity contribution < 1.29 is 28.2 Å². The Morgan fingerprint density at radius 2 is 1.77 bits per heavy atom. The van der Waals surface area contributed by atoms with Crippen molar-refractivity contribution in [3.63, 3.8) is 0 Å². The highest BCUT2D eigenvalue weighted by molar-refractivity contribution is 6.30. The lowest BCUT2D eigenvalue weighted by atomic mass is 9.93. The number of ether oxygens (including phenoxy) is 1. The van der Waals surface area contributed by atoms with Crippen LogP contribution in [0.25, 0.3) is 0 Å². The zero-order valence-electron chi connectivity index (χ0n) is 16.1. The smallest absolute Gasteiger partial charge is 0.387 e. The number of aliphatic hydroxyl groups excluding tert-OH is 1. The molecule has 0 bridgehead atoms. The van der Waals surface area contributed by atoms with Crippen molar-refractivity contribution in [2.75, 3.05) is 6.54 Å². The van der Waals surface area contributed by atoms with E-state index in [9.17, 15) is 23.5 Å². The molecule has 0 aliphatic carbocycles. The fourth-order valence-electron chi connectivity index (χ4n) is 3.28. The lowest BCUT2D eigenvalue weighted by Gasteiger charge is -2.23. The molecule has 9 heteroatoms. The zero-order valence-corrected chi connectivity index (χ0v) is 16.9. The van der Waals surface area contributed by atoms with Crippen LogP contribution in [0.5, 0.6) is 5.75 Å². The average Bonchev–Trinajstić information content (AvgIpc) is 2.91. The molecule has 0 spiro atoms. The van der Waals surface area contributed by atoms with Gasteiger partial charge in [-0.15, -0.1) is 0 Å². The van der Waals surface area contributed by atoms with E-state index in [1.807, 2.05) is 0 Å². The van der Waals surface area contributed by atoms with Crippen molar-refractivity contribution in [3.05, 3.63) is 64.7 Å². The molecular formula is C21H21ClF2N2O4. The zero-order chi connectivity index (χ0) is 21.9. The van der Waals surface area contributed by atoms with E-state index in [0.717, 1.165) is 10.5 Å². The normalized spacial score (nSPS) is 19.9. The van der Waals surface area contributed by atoms with Gasteiger partial charge in [0.1, 0.15) is 11.3 Å². The molecule has 1 aliphatic rings. The number of hydrogen-bond acceptors (Lipinski definition) is 4. The van der Waals surface area contributed by atoms with Crippen LogP contribution >= 0.6 is 11.6 Å². The Hall–Kier alpha value is -2.71. The van der Waals surface area contributed by atoms with E-state index >= 15 is 0 Å². The van der Waals surface area contributed by atoms with Crippen molar-refractivity contribution in [1.82, 2.24) is 10.2 Å². The first-order valence-corrected chi connectivity index (χ1v) is 9.67. The number of nitrogens with zero attached hydrogens (tertiary/aromatic N) is 1. The molecule has 3 amide bonds. The van der Waals surface area contributed by atoms with E-state index in [2.05, 4.69) is 10.1 Å². The number of nitrogens with one attached hydrogen (secondary N) is 1. The van der Waals surface area contributed by atoms with Crippen molar-refractivity contribution in [3.8, 4) is 5.75 Å². The van der Waals surface area contributed by atoms with Crippen LogP contribution in [0, 0.1) is 0 Å². The molecule has 2 atom stereocenters. The molecule has 30 heavy (non-hydrogen) atoms. The van der Waals surface area contributed by atoms with Gasteiger partial charge in [0.25, 0.3) is 5.91 Å². The molecule has 1 saturated heterocycles. The summed E-state index contributed by atoms with van der Waals surface area (Å²) in [7, 11) is 0. The monoisotopic (exact) mass is 438 g/mol. The quantitative estimate of drug-likeness (QED) is 0.612. The van der Waals surface area contributed by atoms with Gasteiger partial charge in [0.05, 0.1) is 12.6 Å². The Bertz CT molecular complexity index is 908. The van der Waals surface area contributed by atoms with Crippen LogP contribution in [-0.2, 0) is 11.2 Å². The predicted octanol–water partition coefficient (Wildman–Crippen LogP) is 3.92. The van der Waals surface area contributed by atoms with Gasteiger partial charge in [0.2, 0.25) is 0 Å². The van der Waals surface area contributed by atoms with Gasteiger partial charge in [-0.25, -0.2) is 4.79 Å². The van der Waals surface area contributed by atoms with Crippen molar-refractivity contribution in [2.45, 2.75) is 38.0 Å². The van der Waals surface area contributed by atoms with Gasteiger partial charge in [-0.3, -0.25) is 9.69 Å². The minimum Gasteiger partial charge on any atom is -0.435 e. The van der Waals surface area contributed by atoms with Crippen molar-refractivity contribution in [2.24, 2.45) is 0 Å². The van der Waals surface area contributed by atoms with E-state index in [1.165, 1.54) is 12.1 Å². The van der Waals surface area contributed by atoms with Crippen LogP contribution in [0.3, 0.4) is 0 Å². The first-order chi connectivity index (χ1) is 14.2. The summed E-state index contributed by atoms with van der Waals surface area (Å²) < 4.78 is 28.8. The summed E-state index contributed by atoms with van der Waals surface area (Å²) in [6.45, 7) is -1.45. The van der Waals surface area contributed by atoms with Gasteiger partial charge in [-0.1, -0.05) is 35.9 Å². The number of imide groups is 1. The third-order valence-electron chi connectivity index (χ3n) is 5.02. The Morgan fingerprint density at radius 1 is 1.13 bits per heavy atom. The van der Waals surface area contributed by atoms with E-state index in [0.29, 0.717) is 23.4 Å². The fraction of sp³-hybridized carbons (Fsp3) is 0.333. The van der Waals surface area contributed by atoms with E-state index in [-0.39, 0.29) is 12.3 Å². The predicted molar refractivity (Wildman–Crippen MR) is 106 cm³/mol. The molecule has 2 N–H and O–H groups in total. The number of carbonyl (C=O) groups excluding carboxylic acids is 2. The molecule has 2 aromatic rings. The Balaban J connectivity index is 1.61. The third-order valence-corrected chi connectivity index (χ3v) is 5.27. The summed E-state index contributed by atoms with van der Waals surface area (Å²) in [6.07, 6.45) is -0.299. The second-order valence-corrected chi connectivity index (χ2v) is 7.70. The number of halogens is 3. The van der Waals surface area contributed by atoms with Crippen LogP contribution in [0.4, 0.5) is 13.6 Å². The van der Waals surface area contributed by atoms with Crippen LogP contribution in [0.15, 0.2) is 48.5 Å². The van der Waals surface area contributed by atoms with Crippen LogP contribution in [0.1, 0.15) is 30.6 Å². The molecule has 2 aromatic carbocycles. The SMILES string of the molecule is C[C@@]1(CCc2ccc(OC(F)F)cc2)NC(=O)N(C[C@H](O)c2ccc(Cl)cc2)C1=O. The van der Waals surface area contributed by atoms with E-state index in [4.69, 9.17) is 11.6 Å². The lowest BCUT2D eigenvalue weighted by Crippen LogP contribution is -2.44.